The first-order valence-corrected chi connectivity index (χ1v) is 6.92. The minimum atomic E-state index is -0.411. The first-order chi connectivity index (χ1) is 10.2. The van der Waals surface area contributed by atoms with Crippen molar-refractivity contribution in [2.45, 2.75) is 6.42 Å². The summed E-state index contributed by atoms with van der Waals surface area (Å²) < 4.78 is 18.5. The molecule has 1 fully saturated rings. The van der Waals surface area contributed by atoms with E-state index in [0.29, 0.717) is 36.7 Å². The highest BCUT2D eigenvalue weighted by atomic mass is 19.1. The molecular formula is C16H19FN2O2. The number of benzene rings is 1. The number of likely N-dealkylation sites (tertiary alicyclic amines) is 1. The molecule has 0 aliphatic carbocycles. The second-order valence-electron chi connectivity index (χ2n) is 5.06. The van der Waals surface area contributed by atoms with Crippen molar-refractivity contribution in [1.29, 1.82) is 0 Å². The van der Waals surface area contributed by atoms with Crippen LogP contribution in [0.3, 0.4) is 0 Å². The molecular weight excluding hydrogens is 271 g/mol. The Morgan fingerprint density at radius 1 is 1.57 bits per heavy atom. The molecule has 0 radical (unpaired) electrons. The fourth-order valence-corrected chi connectivity index (χ4v) is 2.51. The van der Waals surface area contributed by atoms with Gasteiger partial charge in [0.05, 0.1) is 18.7 Å². The zero-order chi connectivity index (χ0) is 15.2. The maximum Gasteiger partial charge on any atom is 0.255 e. The number of carbonyl (C=O) groups excluding carboxylic acids is 1. The second kappa shape index (κ2) is 7.21. The van der Waals surface area contributed by atoms with Gasteiger partial charge in [0.15, 0.2) is 0 Å². The molecule has 1 atom stereocenters. The maximum absolute atomic E-state index is 13.3. The highest BCUT2D eigenvalue weighted by Crippen LogP contribution is 2.21. The predicted octanol–water partition coefficient (Wildman–Crippen LogP) is 1.24. The summed E-state index contributed by atoms with van der Waals surface area (Å²) in [6, 6.07) is 4.05. The first kappa shape index (κ1) is 15.5. The number of hydrogen-bond donors (Lipinski definition) is 1. The van der Waals surface area contributed by atoms with Crippen molar-refractivity contribution in [2.75, 3.05) is 33.4 Å². The van der Waals surface area contributed by atoms with Gasteiger partial charge in [0, 0.05) is 31.7 Å². The van der Waals surface area contributed by atoms with Crippen molar-refractivity contribution in [3.8, 4) is 11.8 Å². The summed E-state index contributed by atoms with van der Waals surface area (Å²) in [6.07, 6.45) is 0.921. The minimum absolute atomic E-state index is 0.116. The number of halogens is 1. The van der Waals surface area contributed by atoms with E-state index in [-0.39, 0.29) is 12.5 Å². The SMILES string of the molecule is COCC1CCN(C(=O)c2ccc(F)cc2C#CCN)C1. The van der Waals surface area contributed by atoms with Crippen molar-refractivity contribution in [3.05, 3.63) is 35.1 Å². The monoisotopic (exact) mass is 290 g/mol. The van der Waals surface area contributed by atoms with E-state index in [2.05, 4.69) is 11.8 Å². The molecule has 1 aliphatic heterocycles. The maximum atomic E-state index is 13.3. The van der Waals surface area contributed by atoms with Crippen molar-refractivity contribution >= 4 is 5.91 Å². The number of methoxy groups -OCH3 is 1. The fourth-order valence-electron chi connectivity index (χ4n) is 2.51. The second-order valence-corrected chi connectivity index (χ2v) is 5.06. The van der Waals surface area contributed by atoms with Gasteiger partial charge in [-0.3, -0.25) is 4.79 Å². The van der Waals surface area contributed by atoms with Crippen molar-refractivity contribution in [2.24, 2.45) is 11.7 Å². The quantitative estimate of drug-likeness (QED) is 0.852. The Balaban J connectivity index is 2.19. The molecule has 2 N–H and O–H groups in total. The van der Waals surface area contributed by atoms with E-state index in [1.54, 1.807) is 12.0 Å². The van der Waals surface area contributed by atoms with Crippen LogP contribution in [0, 0.1) is 23.6 Å². The predicted molar refractivity (Wildman–Crippen MR) is 78.2 cm³/mol. The Labute approximate surface area is 124 Å². The molecule has 0 spiro atoms. The molecule has 1 heterocycles. The van der Waals surface area contributed by atoms with Gasteiger partial charge in [0.1, 0.15) is 5.82 Å². The zero-order valence-corrected chi connectivity index (χ0v) is 12.1. The number of hydrogen-bond acceptors (Lipinski definition) is 3. The number of nitrogens with two attached hydrogens (primary N) is 1. The molecule has 0 saturated carbocycles. The number of rotatable bonds is 3. The van der Waals surface area contributed by atoms with Gasteiger partial charge in [0.25, 0.3) is 5.91 Å². The van der Waals surface area contributed by atoms with Crippen molar-refractivity contribution in [3.63, 3.8) is 0 Å². The molecule has 1 unspecified atom stereocenters. The van der Waals surface area contributed by atoms with Crippen LogP contribution in [-0.2, 0) is 4.74 Å². The molecule has 1 aromatic carbocycles. The van der Waals surface area contributed by atoms with Crippen LogP contribution in [0.4, 0.5) is 4.39 Å². The smallest absolute Gasteiger partial charge is 0.255 e. The zero-order valence-electron chi connectivity index (χ0n) is 12.1. The molecule has 21 heavy (non-hydrogen) atoms. The highest BCUT2D eigenvalue weighted by Gasteiger charge is 2.27. The Morgan fingerprint density at radius 3 is 3.10 bits per heavy atom. The van der Waals surface area contributed by atoms with Crippen molar-refractivity contribution in [1.82, 2.24) is 4.90 Å². The largest absolute Gasteiger partial charge is 0.384 e. The molecule has 5 heteroatoms. The lowest BCUT2D eigenvalue weighted by Crippen LogP contribution is -2.29. The molecule has 1 aromatic rings. The summed E-state index contributed by atoms with van der Waals surface area (Å²) >= 11 is 0. The normalized spacial score (nSPS) is 17.5. The van der Waals surface area contributed by atoms with Crippen LogP contribution in [0.1, 0.15) is 22.3 Å². The van der Waals surface area contributed by atoms with Crippen LogP contribution in [0.15, 0.2) is 18.2 Å². The van der Waals surface area contributed by atoms with E-state index in [1.807, 2.05) is 0 Å². The average Bonchev–Trinajstić information content (AvgIpc) is 2.93. The van der Waals surface area contributed by atoms with E-state index >= 15 is 0 Å². The van der Waals surface area contributed by atoms with Crippen LogP contribution in [-0.4, -0.2) is 44.2 Å². The molecule has 4 nitrogen and oxygen atoms in total. The molecule has 1 saturated heterocycles. The Bertz CT molecular complexity index is 577. The lowest BCUT2D eigenvalue weighted by Gasteiger charge is -2.17. The van der Waals surface area contributed by atoms with Gasteiger partial charge in [-0.1, -0.05) is 11.8 Å². The lowest BCUT2D eigenvalue weighted by atomic mass is 10.1. The summed E-state index contributed by atoms with van der Waals surface area (Å²) in [7, 11) is 1.66. The van der Waals surface area contributed by atoms with Gasteiger partial charge in [-0.05, 0) is 24.6 Å². The van der Waals surface area contributed by atoms with E-state index in [0.717, 1.165) is 6.42 Å². The summed E-state index contributed by atoms with van der Waals surface area (Å²) in [5.74, 6) is 5.27. The third kappa shape index (κ3) is 3.81. The topological polar surface area (TPSA) is 55.6 Å². The van der Waals surface area contributed by atoms with Gasteiger partial charge in [-0.15, -0.1) is 0 Å². The van der Waals surface area contributed by atoms with Gasteiger partial charge in [-0.2, -0.15) is 0 Å². The van der Waals surface area contributed by atoms with Crippen molar-refractivity contribution < 1.29 is 13.9 Å². The number of nitrogens with zero attached hydrogens (tertiary/aromatic N) is 1. The van der Waals surface area contributed by atoms with E-state index in [4.69, 9.17) is 10.5 Å². The summed E-state index contributed by atoms with van der Waals surface area (Å²) in [4.78, 5) is 14.3. The van der Waals surface area contributed by atoms with E-state index in [9.17, 15) is 9.18 Å². The minimum Gasteiger partial charge on any atom is -0.384 e. The van der Waals surface area contributed by atoms with Gasteiger partial charge < -0.3 is 15.4 Å². The van der Waals surface area contributed by atoms with Crippen LogP contribution < -0.4 is 5.73 Å². The van der Waals surface area contributed by atoms with E-state index < -0.39 is 5.82 Å². The average molecular weight is 290 g/mol. The molecule has 0 aromatic heterocycles. The molecule has 0 bridgehead atoms. The Kier molecular flexibility index (Phi) is 5.32. The van der Waals surface area contributed by atoms with Crippen LogP contribution >= 0.6 is 0 Å². The van der Waals surface area contributed by atoms with Crippen LogP contribution in [0.2, 0.25) is 0 Å². The van der Waals surface area contributed by atoms with Gasteiger partial charge in [0.2, 0.25) is 0 Å². The van der Waals surface area contributed by atoms with Gasteiger partial charge >= 0.3 is 0 Å². The Morgan fingerprint density at radius 2 is 2.38 bits per heavy atom. The van der Waals surface area contributed by atoms with E-state index in [1.165, 1.54) is 18.2 Å². The lowest BCUT2D eigenvalue weighted by molar-refractivity contribution is 0.0775. The molecule has 1 amide bonds. The van der Waals surface area contributed by atoms with Crippen LogP contribution in [0.25, 0.3) is 0 Å². The molecule has 112 valence electrons. The van der Waals surface area contributed by atoms with Gasteiger partial charge in [-0.25, -0.2) is 4.39 Å². The highest BCUT2D eigenvalue weighted by molar-refractivity contribution is 5.97. The molecule has 2 rings (SSSR count). The third-order valence-corrected chi connectivity index (χ3v) is 3.51. The first-order valence-electron chi connectivity index (χ1n) is 6.92. The number of carbonyl (C=O) groups is 1. The summed E-state index contributed by atoms with van der Waals surface area (Å²) in [5.41, 5.74) is 6.15. The van der Waals surface area contributed by atoms with Crippen LogP contribution in [0.5, 0.6) is 0 Å². The fraction of sp³-hybridized carbons (Fsp3) is 0.438. The molecule has 1 aliphatic rings. The number of amides is 1. The number of ether oxygens (including phenoxy) is 1. The standard InChI is InChI=1S/C16H19FN2O2/c1-21-11-12-6-8-19(10-12)16(20)15-5-4-14(17)9-13(15)3-2-7-18/h4-5,9,12H,6-8,10-11,18H2,1H3. The third-order valence-electron chi connectivity index (χ3n) is 3.51. The summed E-state index contributed by atoms with van der Waals surface area (Å²) in [5, 5.41) is 0. The Hall–Kier alpha value is -1.90. The summed E-state index contributed by atoms with van der Waals surface area (Å²) in [6.45, 7) is 2.17.